The van der Waals surface area contributed by atoms with Gasteiger partial charge in [0.1, 0.15) is 0 Å². The molecule has 67 heavy (non-hydrogen) atoms. The lowest BCUT2D eigenvalue weighted by atomic mass is 9.80. The second-order valence-corrected chi connectivity index (χ2v) is 18.4. The van der Waals surface area contributed by atoms with Crippen LogP contribution in [-0.2, 0) is 44.5 Å². The lowest BCUT2D eigenvalue weighted by Gasteiger charge is -2.31. The number of ether oxygens (including phenoxy) is 6. The average Bonchev–Trinajstić information content (AvgIpc) is 3.28. The van der Waals surface area contributed by atoms with Crippen LogP contribution in [0.15, 0.2) is 65.0 Å². The minimum Gasteiger partial charge on any atom is -0.493 e. The molecule has 2 aromatic carbocycles. The summed E-state index contributed by atoms with van der Waals surface area (Å²) in [5.74, 6) is -1.07. The van der Waals surface area contributed by atoms with Gasteiger partial charge in [0.15, 0.2) is 11.5 Å². The monoisotopic (exact) mass is 960 g/mol. The van der Waals surface area contributed by atoms with Crippen molar-refractivity contribution < 1.29 is 52.7 Å². The van der Waals surface area contributed by atoms with E-state index in [1.54, 1.807) is 66.2 Å². The first-order chi connectivity index (χ1) is 31.7. The van der Waals surface area contributed by atoms with Gasteiger partial charge in [0.25, 0.3) is 0 Å². The number of hydrogen-bond acceptors (Lipinski definition) is 14. The highest BCUT2D eigenvalue weighted by Gasteiger charge is 2.40. The number of nitrogens with two attached hydrogens (primary N) is 3. The van der Waals surface area contributed by atoms with Crippen molar-refractivity contribution in [2.45, 2.75) is 99.1 Å². The summed E-state index contributed by atoms with van der Waals surface area (Å²) < 4.78 is 32.3. The van der Waals surface area contributed by atoms with Gasteiger partial charge in [0.05, 0.1) is 74.9 Å². The number of dihydropyridines is 1. The number of carbonyl (C=O) groups is 4. The Morgan fingerprint density at radius 3 is 2.18 bits per heavy atom. The van der Waals surface area contributed by atoms with Crippen molar-refractivity contribution in [2.75, 3.05) is 67.5 Å². The summed E-state index contributed by atoms with van der Waals surface area (Å²) in [6, 6.07) is 12.5. The predicted molar refractivity (Wildman–Crippen MR) is 260 cm³/mol. The quantitative estimate of drug-likeness (QED) is 0.0475. The van der Waals surface area contributed by atoms with Gasteiger partial charge in [-0.3, -0.25) is 9.59 Å². The molecule has 17 heteroatoms. The first-order valence-corrected chi connectivity index (χ1v) is 23.3. The standard InChI is InChI=1S/C30H53N3O6.C20H25ClN2O5/c1-19(2)22(14-21-10-11-26(38-8)27(15-21)39-13-9-12-37-7)16-24(31)25(34)17-23(20(3)4)28(35)33-18-30(5,6)29(32)36;1-4-28-20(25)18-15(11-27-10-9-22)23-12(2)16(19(24)26-3)17(18)13-7-5-6-8-14(13)21/h10-11,15,19-20,22-25,34H,9,12-14,16-18,31H2,1-8H3,(H2,32,36)(H,33,35);5-8,17,23H,4,9-11,22H2,1-3H3/t22-,23-,24-,25-;/m0./s1. The number of rotatable bonds is 27. The number of hydrogen-bond donors (Lipinski definition) is 6. The van der Waals surface area contributed by atoms with Crippen molar-refractivity contribution >= 4 is 35.4 Å². The predicted octanol–water partition coefficient (Wildman–Crippen LogP) is 5.56. The zero-order chi connectivity index (χ0) is 50.4. The molecule has 2 aromatic rings. The highest BCUT2D eigenvalue weighted by Crippen LogP contribution is 2.42. The van der Waals surface area contributed by atoms with Crippen molar-refractivity contribution in [1.82, 2.24) is 10.6 Å². The fraction of sp³-hybridized carbons (Fsp3) is 0.600. The van der Waals surface area contributed by atoms with E-state index < -0.39 is 47.2 Å². The molecule has 0 fully saturated rings. The van der Waals surface area contributed by atoms with Gasteiger partial charge in [0, 0.05) is 55.9 Å². The molecule has 3 rings (SSSR count). The van der Waals surface area contributed by atoms with E-state index in [0.29, 0.717) is 77.8 Å². The van der Waals surface area contributed by atoms with Gasteiger partial charge >= 0.3 is 11.9 Å². The zero-order valence-corrected chi connectivity index (χ0v) is 42.3. The van der Waals surface area contributed by atoms with Crippen LogP contribution in [0.5, 0.6) is 11.5 Å². The maximum absolute atomic E-state index is 12.9. The van der Waals surface area contributed by atoms with Gasteiger partial charge in [0.2, 0.25) is 11.8 Å². The highest BCUT2D eigenvalue weighted by atomic mass is 35.5. The van der Waals surface area contributed by atoms with E-state index in [0.717, 1.165) is 18.4 Å². The van der Waals surface area contributed by atoms with Gasteiger partial charge in [-0.15, -0.1) is 0 Å². The van der Waals surface area contributed by atoms with Crippen LogP contribution in [0.25, 0.3) is 0 Å². The molecule has 0 aliphatic carbocycles. The maximum Gasteiger partial charge on any atom is 0.336 e. The molecule has 2 amide bonds. The van der Waals surface area contributed by atoms with E-state index in [9.17, 15) is 24.3 Å². The topological polar surface area (TPSA) is 246 Å². The number of aliphatic hydroxyl groups is 1. The minimum atomic E-state index is -0.854. The first-order valence-electron chi connectivity index (χ1n) is 23.0. The lowest BCUT2D eigenvalue weighted by molar-refractivity contribution is -0.139. The molecule has 0 aromatic heterocycles. The molecule has 9 N–H and O–H groups in total. The summed E-state index contributed by atoms with van der Waals surface area (Å²) in [6.45, 7) is 17.3. The van der Waals surface area contributed by atoms with Gasteiger partial charge < -0.3 is 61.4 Å². The molecule has 5 atom stereocenters. The van der Waals surface area contributed by atoms with Crippen LogP contribution in [0, 0.1) is 29.1 Å². The summed E-state index contributed by atoms with van der Waals surface area (Å²) in [4.78, 5) is 50.0. The second kappa shape index (κ2) is 29.2. The Kier molecular flexibility index (Phi) is 25.5. The Balaban J connectivity index is 0.000000484. The molecular weight excluding hydrogens is 882 g/mol. The summed E-state index contributed by atoms with van der Waals surface area (Å²) in [6.07, 6.45) is 1.56. The van der Waals surface area contributed by atoms with Crippen molar-refractivity contribution in [2.24, 2.45) is 46.3 Å². The van der Waals surface area contributed by atoms with Crippen LogP contribution in [0.2, 0.25) is 5.02 Å². The Hall–Kier alpha value is -4.71. The van der Waals surface area contributed by atoms with E-state index in [1.807, 2.05) is 32.0 Å². The third-order valence-corrected chi connectivity index (χ3v) is 12.1. The molecule has 376 valence electrons. The number of esters is 2. The smallest absolute Gasteiger partial charge is 0.336 e. The molecule has 0 radical (unpaired) electrons. The van der Waals surface area contributed by atoms with Gasteiger partial charge in [-0.1, -0.05) is 63.6 Å². The molecule has 0 spiro atoms. The van der Waals surface area contributed by atoms with Gasteiger partial charge in [-0.05, 0) is 94.0 Å². The highest BCUT2D eigenvalue weighted by molar-refractivity contribution is 6.31. The molecule has 0 bridgehead atoms. The number of halogens is 1. The van der Waals surface area contributed by atoms with Crippen LogP contribution in [-0.4, -0.2) is 108 Å². The Morgan fingerprint density at radius 1 is 0.925 bits per heavy atom. The summed E-state index contributed by atoms with van der Waals surface area (Å²) in [5, 5.41) is 17.4. The second-order valence-electron chi connectivity index (χ2n) is 18.0. The van der Waals surface area contributed by atoms with Crippen LogP contribution in [0.4, 0.5) is 0 Å². The molecule has 1 aliphatic rings. The SMILES string of the molecule is CCOC(=O)C1=C(COCCN)NC(C)=C(C(=O)OC)C1c1ccccc1Cl.COCCCOc1cc(C[C@@H](C[C@H](N)[C@@H](O)C[C@H](C(=O)NCC(C)(C)C(N)=O)C(C)C)C(C)C)ccc1OC. The molecule has 16 nitrogen and oxygen atoms in total. The first kappa shape index (κ1) is 58.4. The molecule has 0 saturated heterocycles. The Labute approximate surface area is 403 Å². The number of amides is 2. The average molecular weight is 961 g/mol. The third kappa shape index (κ3) is 18.0. The van der Waals surface area contributed by atoms with Crippen LogP contribution < -0.4 is 37.3 Å². The number of primary amides is 1. The molecule has 0 saturated carbocycles. The molecule has 1 aliphatic heterocycles. The van der Waals surface area contributed by atoms with E-state index in [4.69, 9.17) is 57.2 Å². The molecule has 1 heterocycles. The largest absolute Gasteiger partial charge is 0.493 e. The Morgan fingerprint density at radius 2 is 1.61 bits per heavy atom. The number of carbonyl (C=O) groups excluding carboxylic acids is 4. The van der Waals surface area contributed by atoms with E-state index in [1.165, 1.54) is 7.11 Å². The molecular formula is C50H78ClN5O11. The number of aliphatic hydroxyl groups excluding tert-OH is 1. The number of methoxy groups -OCH3 is 3. The van der Waals surface area contributed by atoms with Crippen molar-refractivity contribution in [3.05, 3.63) is 81.2 Å². The fourth-order valence-corrected chi connectivity index (χ4v) is 7.75. The maximum atomic E-state index is 12.9. The van der Waals surface area contributed by atoms with E-state index in [-0.39, 0.29) is 49.5 Å². The van der Waals surface area contributed by atoms with Crippen LogP contribution in [0.3, 0.4) is 0 Å². The van der Waals surface area contributed by atoms with Gasteiger partial charge in [-0.2, -0.15) is 0 Å². The van der Waals surface area contributed by atoms with E-state index in [2.05, 4.69) is 24.5 Å². The minimum absolute atomic E-state index is 0.00829. The number of allylic oxidation sites excluding steroid dienone is 1. The van der Waals surface area contributed by atoms with Crippen molar-refractivity contribution in [3.8, 4) is 11.5 Å². The van der Waals surface area contributed by atoms with Crippen molar-refractivity contribution in [3.63, 3.8) is 0 Å². The lowest BCUT2D eigenvalue weighted by Crippen LogP contribution is -2.46. The Bertz CT molecular complexity index is 1970. The molecule has 1 unspecified atom stereocenters. The van der Waals surface area contributed by atoms with E-state index >= 15 is 0 Å². The van der Waals surface area contributed by atoms with Crippen LogP contribution >= 0.6 is 11.6 Å². The van der Waals surface area contributed by atoms with Gasteiger partial charge in [-0.25, -0.2) is 9.59 Å². The van der Waals surface area contributed by atoms with Crippen LogP contribution in [0.1, 0.15) is 91.7 Å². The number of benzene rings is 2. The summed E-state index contributed by atoms with van der Waals surface area (Å²) >= 11 is 6.42. The summed E-state index contributed by atoms with van der Waals surface area (Å²) in [7, 11) is 4.58. The number of nitrogens with one attached hydrogen (secondary N) is 2. The fourth-order valence-electron chi connectivity index (χ4n) is 7.51. The normalized spacial score (nSPS) is 15.7. The zero-order valence-electron chi connectivity index (χ0n) is 41.5. The third-order valence-electron chi connectivity index (χ3n) is 11.8. The van der Waals surface area contributed by atoms with Crippen molar-refractivity contribution in [1.29, 1.82) is 0 Å². The summed E-state index contributed by atoms with van der Waals surface area (Å²) in [5.41, 5.74) is 19.9.